The second kappa shape index (κ2) is 8.08. The van der Waals surface area contributed by atoms with Crippen molar-refractivity contribution in [3.8, 4) is 0 Å². The van der Waals surface area contributed by atoms with Gasteiger partial charge in [0, 0.05) is 29.2 Å². The van der Waals surface area contributed by atoms with Gasteiger partial charge in [0.1, 0.15) is 5.82 Å². The average molecular weight is 371 g/mol. The third-order valence-electron chi connectivity index (χ3n) is 4.38. The number of carbonyl (C=O) groups is 1. The SMILES string of the molecule is CC(C)(C)c1ncc(NC(=O)N2CCC(CSc3ccccc3)C2)cn1. The van der Waals surface area contributed by atoms with E-state index in [4.69, 9.17) is 0 Å². The molecular formula is C20H26N4OS. The van der Waals surface area contributed by atoms with Gasteiger partial charge < -0.3 is 10.2 Å². The van der Waals surface area contributed by atoms with Crippen LogP contribution in [0.2, 0.25) is 0 Å². The third-order valence-corrected chi connectivity index (χ3v) is 5.62. The molecule has 0 aliphatic carbocycles. The summed E-state index contributed by atoms with van der Waals surface area (Å²) in [4.78, 5) is 24.4. The summed E-state index contributed by atoms with van der Waals surface area (Å²) in [7, 11) is 0. The van der Waals surface area contributed by atoms with Crippen molar-refractivity contribution in [1.29, 1.82) is 0 Å². The largest absolute Gasteiger partial charge is 0.324 e. The van der Waals surface area contributed by atoms with E-state index in [0.29, 0.717) is 11.6 Å². The molecule has 1 unspecified atom stereocenters. The number of anilines is 1. The molecule has 3 rings (SSSR count). The normalized spacial score (nSPS) is 17.3. The number of nitrogens with zero attached hydrogens (tertiary/aromatic N) is 3. The van der Waals surface area contributed by atoms with Crippen molar-refractivity contribution in [3.63, 3.8) is 0 Å². The Hall–Kier alpha value is -2.08. The summed E-state index contributed by atoms with van der Waals surface area (Å²) >= 11 is 1.86. The second-order valence-corrected chi connectivity index (χ2v) is 8.79. The van der Waals surface area contributed by atoms with Gasteiger partial charge in [-0.1, -0.05) is 39.0 Å². The lowest BCUT2D eigenvalue weighted by Crippen LogP contribution is -2.33. The van der Waals surface area contributed by atoms with Crippen LogP contribution < -0.4 is 5.32 Å². The van der Waals surface area contributed by atoms with Gasteiger partial charge in [0.25, 0.3) is 0 Å². The first kappa shape index (κ1) is 18.7. The van der Waals surface area contributed by atoms with Crippen molar-refractivity contribution in [2.45, 2.75) is 37.5 Å². The highest BCUT2D eigenvalue weighted by Crippen LogP contribution is 2.26. The van der Waals surface area contributed by atoms with Crippen molar-refractivity contribution in [3.05, 3.63) is 48.5 Å². The number of likely N-dealkylation sites (tertiary alicyclic amines) is 1. The van der Waals surface area contributed by atoms with Gasteiger partial charge in [-0.15, -0.1) is 11.8 Å². The molecule has 2 heterocycles. The molecule has 138 valence electrons. The topological polar surface area (TPSA) is 58.1 Å². The Balaban J connectivity index is 1.48. The highest BCUT2D eigenvalue weighted by molar-refractivity contribution is 7.99. The smallest absolute Gasteiger partial charge is 0.321 e. The summed E-state index contributed by atoms with van der Waals surface area (Å²) < 4.78 is 0. The molecule has 0 bridgehead atoms. The molecule has 1 aliphatic rings. The number of hydrogen-bond donors (Lipinski definition) is 1. The summed E-state index contributed by atoms with van der Waals surface area (Å²) in [6, 6.07) is 10.3. The van der Waals surface area contributed by atoms with Crippen LogP contribution >= 0.6 is 11.8 Å². The van der Waals surface area contributed by atoms with Gasteiger partial charge in [-0.05, 0) is 24.5 Å². The first-order valence-corrected chi connectivity index (χ1v) is 9.96. The maximum absolute atomic E-state index is 12.5. The highest BCUT2D eigenvalue weighted by Gasteiger charge is 2.26. The first-order chi connectivity index (χ1) is 12.4. The number of amides is 2. The summed E-state index contributed by atoms with van der Waals surface area (Å²) in [5, 5.41) is 2.91. The minimum Gasteiger partial charge on any atom is -0.324 e. The van der Waals surface area contributed by atoms with Gasteiger partial charge in [-0.3, -0.25) is 0 Å². The molecule has 1 atom stereocenters. The van der Waals surface area contributed by atoms with Crippen LogP contribution in [0.4, 0.5) is 10.5 Å². The maximum atomic E-state index is 12.5. The van der Waals surface area contributed by atoms with Crippen LogP contribution in [0.15, 0.2) is 47.6 Å². The lowest BCUT2D eigenvalue weighted by molar-refractivity contribution is 0.221. The van der Waals surface area contributed by atoms with Crippen molar-refractivity contribution in [2.24, 2.45) is 5.92 Å². The Kier molecular flexibility index (Phi) is 5.81. The predicted octanol–water partition coefficient (Wildman–Crippen LogP) is 4.42. The molecule has 1 saturated heterocycles. The summed E-state index contributed by atoms with van der Waals surface area (Å²) in [5.41, 5.74) is 0.548. The van der Waals surface area contributed by atoms with E-state index in [1.807, 2.05) is 22.7 Å². The fourth-order valence-electron chi connectivity index (χ4n) is 2.87. The Morgan fingerprint density at radius 3 is 2.58 bits per heavy atom. The Morgan fingerprint density at radius 1 is 1.23 bits per heavy atom. The Morgan fingerprint density at radius 2 is 1.92 bits per heavy atom. The zero-order valence-electron chi connectivity index (χ0n) is 15.6. The van der Waals surface area contributed by atoms with Crippen LogP contribution in [-0.2, 0) is 5.41 Å². The fourth-order valence-corrected chi connectivity index (χ4v) is 3.92. The Bertz CT molecular complexity index is 728. The monoisotopic (exact) mass is 370 g/mol. The van der Waals surface area contributed by atoms with Gasteiger partial charge in [-0.25, -0.2) is 14.8 Å². The number of benzene rings is 1. The van der Waals surface area contributed by atoms with Crippen LogP contribution in [0.25, 0.3) is 0 Å². The molecule has 0 saturated carbocycles. The number of thioether (sulfide) groups is 1. The molecular weight excluding hydrogens is 344 g/mol. The number of carbonyl (C=O) groups excluding carboxylic acids is 1. The van der Waals surface area contributed by atoms with E-state index in [0.717, 1.165) is 31.1 Å². The molecule has 2 amide bonds. The van der Waals surface area contributed by atoms with Crippen LogP contribution in [0.1, 0.15) is 33.0 Å². The van der Waals surface area contributed by atoms with E-state index >= 15 is 0 Å². The molecule has 2 aromatic rings. The fraction of sp³-hybridized carbons (Fsp3) is 0.450. The van der Waals surface area contributed by atoms with Gasteiger partial charge in [0.05, 0.1) is 18.1 Å². The first-order valence-electron chi connectivity index (χ1n) is 8.98. The number of hydrogen-bond acceptors (Lipinski definition) is 4. The van der Waals surface area contributed by atoms with E-state index in [1.54, 1.807) is 12.4 Å². The van der Waals surface area contributed by atoms with E-state index < -0.39 is 0 Å². The van der Waals surface area contributed by atoms with Gasteiger partial charge in [0.15, 0.2) is 0 Å². The molecule has 26 heavy (non-hydrogen) atoms. The van der Waals surface area contributed by atoms with Crippen molar-refractivity contribution < 1.29 is 4.79 Å². The molecule has 1 fully saturated rings. The summed E-state index contributed by atoms with van der Waals surface area (Å²) in [6.45, 7) is 7.80. The second-order valence-electron chi connectivity index (χ2n) is 7.70. The van der Waals surface area contributed by atoms with E-state index in [9.17, 15) is 4.79 Å². The number of nitrogens with one attached hydrogen (secondary N) is 1. The summed E-state index contributed by atoms with van der Waals surface area (Å²) in [6.07, 6.45) is 4.42. The lowest BCUT2D eigenvalue weighted by atomic mass is 9.96. The molecule has 1 N–H and O–H groups in total. The van der Waals surface area contributed by atoms with Gasteiger partial charge in [-0.2, -0.15) is 0 Å². The molecule has 1 aromatic heterocycles. The van der Waals surface area contributed by atoms with Gasteiger partial charge in [0.2, 0.25) is 0 Å². The number of aromatic nitrogens is 2. The van der Waals surface area contributed by atoms with Crippen LogP contribution in [0.3, 0.4) is 0 Å². The maximum Gasteiger partial charge on any atom is 0.321 e. The molecule has 1 aliphatic heterocycles. The molecule has 0 spiro atoms. The predicted molar refractivity (Wildman–Crippen MR) is 107 cm³/mol. The quantitative estimate of drug-likeness (QED) is 0.810. The third kappa shape index (κ3) is 4.97. The average Bonchev–Trinajstić information content (AvgIpc) is 3.10. The van der Waals surface area contributed by atoms with Crippen molar-refractivity contribution in [2.75, 3.05) is 24.2 Å². The zero-order valence-corrected chi connectivity index (χ0v) is 16.4. The lowest BCUT2D eigenvalue weighted by Gasteiger charge is -2.19. The van der Waals surface area contributed by atoms with Crippen LogP contribution in [0, 0.1) is 5.92 Å². The highest BCUT2D eigenvalue weighted by atomic mass is 32.2. The number of rotatable bonds is 4. The minimum atomic E-state index is -0.0961. The van der Waals surface area contributed by atoms with E-state index in [2.05, 4.69) is 60.3 Å². The zero-order chi connectivity index (χ0) is 18.6. The van der Waals surface area contributed by atoms with E-state index in [1.165, 1.54) is 4.90 Å². The molecule has 1 aromatic carbocycles. The minimum absolute atomic E-state index is 0.0654. The molecule has 6 heteroatoms. The summed E-state index contributed by atoms with van der Waals surface area (Å²) in [5.74, 6) is 2.34. The standard InChI is InChI=1S/C20H26N4OS/c1-20(2,3)18-21-11-16(12-22-18)23-19(25)24-10-9-15(13-24)14-26-17-7-5-4-6-8-17/h4-8,11-12,15H,9-10,13-14H2,1-3H3,(H,23,25). The van der Waals surface area contributed by atoms with Gasteiger partial charge >= 0.3 is 6.03 Å². The van der Waals surface area contributed by atoms with Crippen LogP contribution in [0.5, 0.6) is 0 Å². The molecule has 0 radical (unpaired) electrons. The Labute approximate surface area is 159 Å². The van der Waals surface area contributed by atoms with Crippen LogP contribution in [-0.4, -0.2) is 39.7 Å². The van der Waals surface area contributed by atoms with Crippen molar-refractivity contribution in [1.82, 2.24) is 14.9 Å². The van der Waals surface area contributed by atoms with E-state index in [-0.39, 0.29) is 11.4 Å². The molecule has 5 nitrogen and oxygen atoms in total. The number of urea groups is 1. The van der Waals surface area contributed by atoms with Crippen molar-refractivity contribution >= 4 is 23.5 Å².